The first-order chi connectivity index (χ1) is 24.8. The van der Waals surface area contributed by atoms with E-state index in [1.807, 2.05) is 41.3 Å². The first kappa shape index (κ1) is 38.0. The fraction of sp³-hybridized carbons (Fsp3) is 0.556. The van der Waals surface area contributed by atoms with Gasteiger partial charge in [-0.05, 0) is 81.5 Å². The highest BCUT2D eigenvalue weighted by atomic mass is 35.5. The molecule has 0 spiro atoms. The average molecular weight is 778 g/mol. The first-order valence-corrected chi connectivity index (χ1v) is 20.2. The number of aliphatic carboxylic acids is 1. The standard InChI is InChI=1S/C18H22ClN3O2S.C12H14ClN3S.C6H10O3/c19-14-2-3-15-16(12-14)25-18(20-15)22-7-1-6-21(8-9-22)17(23)13-4-10-24-11-5-13;13-9-2-3-10-11(8-9)17-12(15-10)16-6-1-4-14-5-7-16;7-6(8)5-1-3-9-4-2-5/h2-3,12-13H,1,4-11H2;2-3,8,14H,1,4-7H2;5H,1-4H2,(H,7,8). The Kier molecular flexibility index (Phi) is 14.0. The van der Waals surface area contributed by atoms with Gasteiger partial charge in [-0.3, -0.25) is 9.59 Å². The van der Waals surface area contributed by atoms with Crippen LogP contribution in [-0.4, -0.2) is 111 Å². The van der Waals surface area contributed by atoms with Gasteiger partial charge in [-0.25, -0.2) is 9.97 Å². The molecule has 0 saturated carbocycles. The van der Waals surface area contributed by atoms with Crippen LogP contribution in [0.25, 0.3) is 20.4 Å². The van der Waals surface area contributed by atoms with Crippen molar-refractivity contribution in [3.05, 3.63) is 46.4 Å². The van der Waals surface area contributed by atoms with Gasteiger partial charge in [-0.2, -0.15) is 0 Å². The van der Waals surface area contributed by atoms with Crippen molar-refractivity contribution in [3.8, 4) is 0 Å². The fourth-order valence-electron chi connectivity index (χ4n) is 6.56. The molecule has 4 fully saturated rings. The smallest absolute Gasteiger partial charge is 0.306 e. The molecule has 0 bridgehead atoms. The summed E-state index contributed by atoms with van der Waals surface area (Å²) in [4.78, 5) is 39.2. The van der Waals surface area contributed by atoms with Crippen molar-refractivity contribution in [1.29, 1.82) is 0 Å². The summed E-state index contributed by atoms with van der Waals surface area (Å²) >= 11 is 15.5. The number of anilines is 2. The Balaban J connectivity index is 0.000000148. The number of rotatable bonds is 4. The largest absolute Gasteiger partial charge is 0.481 e. The van der Waals surface area contributed by atoms with Crippen LogP contribution in [0.5, 0.6) is 0 Å². The zero-order valence-corrected chi connectivity index (χ0v) is 31.9. The third-order valence-corrected chi connectivity index (χ3v) is 12.1. The van der Waals surface area contributed by atoms with Gasteiger partial charge in [-0.15, -0.1) is 0 Å². The van der Waals surface area contributed by atoms with Gasteiger partial charge >= 0.3 is 5.97 Å². The predicted molar refractivity (Wildman–Crippen MR) is 207 cm³/mol. The Morgan fingerprint density at radius 3 is 1.82 bits per heavy atom. The van der Waals surface area contributed by atoms with E-state index >= 15 is 0 Å². The van der Waals surface area contributed by atoms with Gasteiger partial charge in [0.25, 0.3) is 0 Å². The first-order valence-electron chi connectivity index (χ1n) is 17.8. The van der Waals surface area contributed by atoms with E-state index in [1.54, 1.807) is 22.7 Å². The Morgan fingerprint density at radius 1 is 0.706 bits per heavy atom. The molecule has 1 amide bonds. The molecule has 51 heavy (non-hydrogen) atoms. The summed E-state index contributed by atoms with van der Waals surface area (Å²) in [6.07, 6.45) is 5.22. The Hall–Kier alpha value is -2.78. The molecule has 0 unspecified atom stereocenters. The van der Waals surface area contributed by atoms with Gasteiger partial charge in [0.1, 0.15) is 0 Å². The Bertz CT molecular complexity index is 1740. The number of benzene rings is 2. The number of halogens is 2. The van der Waals surface area contributed by atoms with Gasteiger partial charge in [0.2, 0.25) is 5.91 Å². The SMILES string of the molecule is Clc1ccc2nc(N3CCCNCC3)sc2c1.O=C(C1CCOCC1)N1CCCN(c2nc3ccc(Cl)cc3s2)CC1.O=C(O)C1CCOCC1. The lowest BCUT2D eigenvalue weighted by Crippen LogP contribution is -2.40. The molecule has 0 aliphatic carbocycles. The number of carbonyl (C=O) groups excluding carboxylic acids is 1. The van der Waals surface area contributed by atoms with E-state index in [9.17, 15) is 9.59 Å². The van der Waals surface area contributed by atoms with Crippen LogP contribution >= 0.6 is 45.9 Å². The normalized spacial score (nSPS) is 19.5. The van der Waals surface area contributed by atoms with Crippen molar-refractivity contribution < 1.29 is 24.2 Å². The third-order valence-electron chi connectivity index (χ3n) is 9.51. The molecule has 276 valence electrons. The van der Waals surface area contributed by atoms with Crippen LogP contribution in [0.2, 0.25) is 10.0 Å². The van der Waals surface area contributed by atoms with Gasteiger partial charge < -0.3 is 34.6 Å². The van der Waals surface area contributed by atoms with Crippen molar-refractivity contribution in [3.63, 3.8) is 0 Å². The van der Waals surface area contributed by atoms with Crippen LogP contribution in [0.4, 0.5) is 10.3 Å². The summed E-state index contributed by atoms with van der Waals surface area (Å²) in [5, 5.41) is 15.6. The number of hydrogen-bond acceptors (Lipinski definition) is 11. The number of carbonyl (C=O) groups is 2. The molecule has 0 atom stereocenters. The maximum absolute atomic E-state index is 12.8. The molecule has 2 aromatic carbocycles. The maximum atomic E-state index is 12.8. The molecular formula is C36H46Cl2N6O5S2. The molecule has 4 aliphatic heterocycles. The zero-order chi connectivity index (χ0) is 35.6. The van der Waals surface area contributed by atoms with E-state index in [2.05, 4.69) is 20.1 Å². The molecular weight excluding hydrogens is 731 g/mol. The summed E-state index contributed by atoms with van der Waals surface area (Å²) in [5.74, 6) is -0.386. The van der Waals surface area contributed by atoms with Crippen molar-refractivity contribution in [2.24, 2.45) is 11.8 Å². The molecule has 2 N–H and O–H groups in total. The van der Waals surface area contributed by atoms with Crippen molar-refractivity contribution in [2.75, 3.05) is 88.6 Å². The number of hydrogen-bond donors (Lipinski definition) is 2. The van der Waals surface area contributed by atoms with Gasteiger partial charge in [0.15, 0.2) is 10.3 Å². The third kappa shape index (κ3) is 10.6. The Morgan fingerprint density at radius 2 is 1.25 bits per heavy atom. The van der Waals surface area contributed by atoms with Crippen LogP contribution < -0.4 is 15.1 Å². The van der Waals surface area contributed by atoms with Crippen LogP contribution in [0, 0.1) is 11.8 Å². The highest BCUT2D eigenvalue weighted by molar-refractivity contribution is 7.22. The second-order valence-electron chi connectivity index (χ2n) is 13.1. The lowest BCUT2D eigenvalue weighted by molar-refractivity contribution is -0.144. The van der Waals surface area contributed by atoms with Gasteiger partial charge in [-0.1, -0.05) is 45.9 Å². The molecule has 11 nitrogen and oxygen atoms in total. The quantitative estimate of drug-likeness (QED) is 0.233. The number of thiazole rings is 2. The topological polar surface area (TPSA) is 120 Å². The van der Waals surface area contributed by atoms with E-state index in [0.29, 0.717) is 45.2 Å². The molecule has 8 rings (SSSR count). The molecule has 6 heterocycles. The van der Waals surface area contributed by atoms with Crippen LogP contribution in [0.1, 0.15) is 38.5 Å². The Labute approximate surface area is 316 Å². The van der Waals surface area contributed by atoms with E-state index in [-0.39, 0.29) is 11.8 Å². The van der Waals surface area contributed by atoms with E-state index in [0.717, 1.165) is 108 Å². The maximum Gasteiger partial charge on any atom is 0.306 e. The minimum atomic E-state index is -0.682. The number of ether oxygens (including phenoxy) is 2. The predicted octanol–water partition coefficient (Wildman–Crippen LogP) is 6.66. The monoisotopic (exact) mass is 776 g/mol. The highest BCUT2D eigenvalue weighted by Crippen LogP contribution is 2.32. The number of nitrogens with zero attached hydrogens (tertiary/aromatic N) is 5. The summed E-state index contributed by atoms with van der Waals surface area (Å²) in [6.45, 7) is 10.3. The second kappa shape index (κ2) is 18.8. The average Bonchev–Trinajstić information content (AvgIpc) is 3.54. The highest BCUT2D eigenvalue weighted by Gasteiger charge is 2.28. The van der Waals surface area contributed by atoms with E-state index in [1.165, 1.54) is 11.1 Å². The van der Waals surface area contributed by atoms with Crippen molar-refractivity contribution in [1.82, 2.24) is 20.2 Å². The number of aromatic nitrogens is 2. The summed E-state index contributed by atoms with van der Waals surface area (Å²) in [5.41, 5.74) is 2.04. The summed E-state index contributed by atoms with van der Waals surface area (Å²) in [6, 6.07) is 11.7. The number of fused-ring (bicyclic) bond motifs is 2. The number of carboxylic acid groups (broad SMARTS) is 1. The molecule has 2 aromatic heterocycles. The molecule has 4 saturated heterocycles. The molecule has 4 aromatic rings. The van der Waals surface area contributed by atoms with Crippen molar-refractivity contribution in [2.45, 2.75) is 38.5 Å². The van der Waals surface area contributed by atoms with Crippen LogP contribution in [-0.2, 0) is 19.1 Å². The van der Waals surface area contributed by atoms with Gasteiger partial charge in [0, 0.05) is 88.2 Å². The van der Waals surface area contributed by atoms with Crippen LogP contribution in [0.15, 0.2) is 36.4 Å². The van der Waals surface area contributed by atoms with E-state index < -0.39 is 5.97 Å². The number of amides is 1. The zero-order valence-electron chi connectivity index (χ0n) is 28.7. The minimum absolute atomic E-state index is 0.143. The second-order valence-corrected chi connectivity index (χ2v) is 16.0. The molecule has 0 radical (unpaired) electrons. The molecule has 4 aliphatic rings. The fourth-order valence-corrected chi connectivity index (χ4v) is 9.14. The van der Waals surface area contributed by atoms with Crippen molar-refractivity contribution >= 4 is 88.4 Å². The van der Waals surface area contributed by atoms with E-state index in [4.69, 9.17) is 42.8 Å². The molecule has 15 heteroatoms. The lowest BCUT2D eigenvalue weighted by atomic mass is 9.98. The number of carboxylic acids is 1. The lowest BCUT2D eigenvalue weighted by Gasteiger charge is -2.28. The van der Waals surface area contributed by atoms with Gasteiger partial charge in [0.05, 0.1) is 26.4 Å². The summed E-state index contributed by atoms with van der Waals surface area (Å²) in [7, 11) is 0. The minimum Gasteiger partial charge on any atom is -0.481 e. The summed E-state index contributed by atoms with van der Waals surface area (Å²) < 4.78 is 12.6. The van der Waals surface area contributed by atoms with Crippen LogP contribution in [0.3, 0.4) is 0 Å². The number of nitrogens with one attached hydrogen (secondary N) is 1.